The highest BCUT2D eigenvalue weighted by Gasteiger charge is 2.48. The van der Waals surface area contributed by atoms with Crippen LogP contribution in [0.15, 0.2) is 54.6 Å². The van der Waals surface area contributed by atoms with Crippen LogP contribution in [-0.4, -0.2) is 55.3 Å². The molecule has 2 N–H and O–H groups in total. The van der Waals surface area contributed by atoms with Gasteiger partial charge in [-0.2, -0.15) is 0 Å². The number of carbonyl (C=O) groups is 1. The summed E-state index contributed by atoms with van der Waals surface area (Å²) in [6.07, 6.45) is 1.27. The van der Waals surface area contributed by atoms with Crippen molar-refractivity contribution >= 4 is 5.91 Å². The van der Waals surface area contributed by atoms with Gasteiger partial charge in [-0.15, -0.1) is 0 Å². The summed E-state index contributed by atoms with van der Waals surface area (Å²) in [7, 11) is 0. The molecule has 1 saturated heterocycles. The van der Waals surface area contributed by atoms with Crippen molar-refractivity contribution < 1.29 is 19.5 Å². The van der Waals surface area contributed by atoms with Crippen molar-refractivity contribution in [3.63, 3.8) is 0 Å². The lowest BCUT2D eigenvalue weighted by molar-refractivity contribution is -0.908. The number of hydrogen-bond acceptors (Lipinski definition) is 3. The van der Waals surface area contributed by atoms with Crippen molar-refractivity contribution in [2.75, 3.05) is 39.4 Å². The molecule has 5 heteroatoms. The number of fused-ring (bicyclic) bond motifs is 1. The highest BCUT2D eigenvalue weighted by Crippen LogP contribution is 2.39. The number of ether oxygens (including phenoxy) is 1. The first-order chi connectivity index (χ1) is 13.2. The molecule has 0 spiro atoms. The maximum atomic E-state index is 13.0. The quantitative estimate of drug-likeness (QED) is 0.795. The van der Waals surface area contributed by atoms with Crippen LogP contribution in [0.2, 0.25) is 0 Å². The molecule has 0 aliphatic carbocycles. The van der Waals surface area contributed by atoms with E-state index in [1.165, 1.54) is 4.90 Å². The third kappa shape index (κ3) is 3.63. The molecular weight excluding hydrogens is 340 g/mol. The number of benzene rings is 2. The van der Waals surface area contributed by atoms with Gasteiger partial charge in [-0.05, 0) is 11.6 Å². The van der Waals surface area contributed by atoms with Gasteiger partial charge in [0.2, 0.25) is 0 Å². The van der Waals surface area contributed by atoms with E-state index in [0.29, 0.717) is 18.5 Å². The lowest BCUT2D eigenvalue weighted by Crippen LogP contribution is -3.14. The fourth-order valence-corrected chi connectivity index (χ4v) is 4.23. The molecule has 5 nitrogen and oxygen atoms in total. The van der Waals surface area contributed by atoms with E-state index in [-0.39, 0.29) is 5.91 Å². The average molecular weight is 367 g/mol. The van der Waals surface area contributed by atoms with E-state index in [2.05, 4.69) is 0 Å². The third-order valence-corrected chi connectivity index (χ3v) is 5.69. The van der Waals surface area contributed by atoms with Crippen LogP contribution in [0.3, 0.4) is 0 Å². The molecule has 0 aromatic heterocycles. The molecule has 2 aliphatic rings. The van der Waals surface area contributed by atoms with Gasteiger partial charge >= 0.3 is 0 Å². The Hall–Kier alpha value is -2.21. The number of aliphatic hydroxyl groups is 1. The summed E-state index contributed by atoms with van der Waals surface area (Å²) in [5, 5.41) is 11.6. The van der Waals surface area contributed by atoms with Gasteiger partial charge in [-0.1, -0.05) is 48.5 Å². The molecule has 0 saturated carbocycles. The fourth-order valence-electron chi connectivity index (χ4n) is 4.23. The zero-order valence-electron chi connectivity index (χ0n) is 15.6. The van der Waals surface area contributed by atoms with Gasteiger partial charge in [0, 0.05) is 30.5 Å². The second kappa shape index (κ2) is 7.80. The van der Waals surface area contributed by atoms with Crippen LogP contribution in [0.5, 0.6) is 0 Å². The number of amides is 1. The Kier molecular flexibility index (Phi) is 5.25. The number of hydrogen-bond donors (Lipinski definition) is 2. The van der Waals surface area contributed by atoms with E-state index >= 15 is 0 Å². The van der Waals surface area contributed by atoms with Crippen LogP contribution in [0.25, 0.3) is 0 Å². The molecular formula is C22H27N2O3+. The summed E-state index contributed by atoms with van der Waals surface area (Å²) in [6, 6.07) is 17.3. The van der Waals surface area contributed by atoms with Crippen molar-refractivity contribution in [2.24, 2.45) is 0 Å². The van der Waals surface area contributed by atoms with Gasteiger partial charge in [0.15, 0.2) is 5.72 Å². The van der Waals surface area contributed by atoms with Crippen LogP contribution in [-0.2, 0) is 16.9 Å². The van der Waals surface area contributed by atoms with Gasteiger partial charge in [0.05, 0.1) is 19.8 Å². The molecule has 27 heavy (non-hydrogen) atoms. The maximum absolute atomic E-state index is 13.0. The molecule has 0 radical (unpaired) electrons. The number of rotatable bonds is 6. The smallest absolute Gasteiger partial charge is 0.256 e. The van der Waals surface area contributed by atoms with E-state index in [1.807, 2.05) is 54.6 Å². The van der Waals surface area contributed by atoms with Crippen molar-refractivity contribution in [2.45, 2.75) is 18.6 Å². The zero-order chi connectivity index (χ0) is 18.7. The summed E-state index contributed by atoms with van der Waals surface area (Å²) < 4.78 is 5.41. The van der Waals surface area contributed by atoms with E-state index in [4.69, 9.17) is 4.74 Å². The van der Waals surface area contributed by atoms with Crippen molar-refractivity contribution in [3.05, 3.63) is 71.3 Å². The minimum atomic E-state index is -1.28. The molecule has 0 bridgehead atoms. The third-order valence-electron chi connectivity index (χ3n) is 5.69. The highest BCUT2D eigenvalue weighted by atomic mass is 16.5. The summed E-state index contributed by atoms with van der Waals surface area (Å²) in [6.45, 7) is 5.19. The van der Waals surface area contributed by atoms with Gasteiger partial charge in [0.25, 0.3) is 5.91 Å². The van der Waals surface area contributed by atoms with Crippen molar-refractivity contribution in [3.8, 4) is 0 Å². The molecule has 1 fully saturated rings. The lowest BCUT2D eigenvalue weighted by Gasteiger charge is -2.35. The molecule has 2 heterocycles. The maximum Gasteiger partial charge on any atom is 0.256 e. The summed E-state index contributed by atoms with van der Waals surface area (Å²) >= 11 is 0. The van der Waals surface area contributed by atoms with Gasteiger partial charge in [-0.3, -0.25) is 4.79 Å². The Morgan fingerprint density at radius 1 is 1.04 bits per heavy atom. The van der Waals surface area contributed by atoms with E-state index in [1.54, 1.807) is 4.90 Å². The van der Waals surface area contributed by atoms with E-state index < -0.39 is 5.72 Å². The lowest BCUT2D eigenvalue weighted by atomic mass is 9.94. The molecule has 2 aromatic rings. The molecule has 1 atom stereocenters. The van der Waals surface area contributed by atoms with Crippen LogP contribution in [0.1, 0.15) is 27.9 Å². The molecule has 0 unspecified atom stereocenters. The molecule has 142 valence electrons. The number of nitrogens with zero attached hydrogens (tertiary/aromatic N) is 1. The van der Waals surface area contributed by atoms with Crippen LogP contribution in [0, 0.1) is 0 Å². The molecule has 4 rings (SSSR count). The average Bonchev–Trinajstić information content (AvgIpc) is 2.92. The van der Waals surface area contributed by atoms with Gasteiger partial charge < -0.3 is 19.6 Å². The number of carbonyl (C=O) groups excluding carboxylic acids is 1. The minimum Gasteiger partial charge on any atom is -0.370 e. The summed E-state index contributed by atoms with van der Waals surface area (Å²) in [5.74, 6) is -0.0685. The first-order valence-electron chi connectivity index (χ1n) is 9.77. The van der Waals surface area contributed by atoms with Crippen LogP contribution in [0.4, 0.5) is 0 Å². The topological polar surface area (TPSA) is 54.2 Å². The second-order valence-corrected chi connectivity index (χ2v) is 7.45. The second-order valence-electron chi connectivity index (χ2n) is 7.45. The van der Waals surface area contributed by atoms with Gasteiger partial charge in [0.1, 0.15) is 13.1 Å². The Labute approximate surface area is 160 Å². The first kappa shape index (κ1) is 18.2. The predicted molar refractivity (Wildman–Crippen MR) is 103 cm³/mol. The summed E-state index contributed by atoms with van der Waals surface area (Å²) in [4.78, 5) is 16.2. The fraction of sp³-hybridized carbons (Fsp3) is 0.409. The minimum absolute atomic E-state index is 0.0685. The molecule has 1 amide bonds. The standard InChI is InChI=1S/C22H26N2O3/c25-21-19-9-4-5-10-20(19)22(26,17-18-7-2-1-3-8-18)24(21)12-6-11-23-13-15-27-16-14-23/h1-5,7-10,26H,6,11-17H2/p+1/t22-/m0/s1. The predicted octanol–water partition coefficient (Wildman–Crippen LogP) is 0.835. The number of nitrogens with one attached hydrogen (secondary N) is 1. The SMILES string of the molecule is O=C1c2ccccc2[C@@](O)(Cc2ccccc2)N1CCC[NH+]1CCOCC1. The monoisotopic (exact) mass is 367 g/mol. The normalized spacial score (nSPS) is 22.9. The highest BCUT2D eigenvalue weighted by molar-refractivity contribution is 5.99. The van der Waals surface area contributed by atoms with Crippen molar-refractivity contribution in [1.29, 1.82) is 0 Å². The van der Waals surface area contributed by atoms with E-state index in [0.717, 1.165) is 50.4 Å². The number of morpholine rings is 1. The summed E-state index contributed by atoms with van der Waals surface area (Å²) in [5.41, 5.74) is 1.08. The Balaban J connectivity index is 1.53. The Morgan fingerprint density at radius 2 is 1.74 bits per heavy atom. The molecule has 2 aliphatic heterocycles. The zero-order valence-corrected chi connectivity index (χ0v) is 15.6. The Morgan fingerprint density at radius 3 is 2.52 bits per heavy atom. The van der Waals surface area contributed by atoms with Crippen molar-refractivity contribution in [1.82, 2.24) is 4.90 Å². The van der Waals surface area contributed by atoms with Gasteiger partial charge in [-0.25, -0.2) is 0 Å². The first-order valence-corrected chi connectivity index (χ1v) is 9.77. The number of quaternary nitrogens is 1. The van der Waals surface area contributed by atoms with Crippen LogP contribution >= 0.6 is 0 Å². The molecule has 2 aromatic carbocycles. The largest absolute Gasteiger partial charge is 0.370 e. The Bertz CT molecular complexity index is 789. The van der Waals surface area contributed by atoms with E-state index in [9.17, 15) is 9.90 Å². The van der Waals surface area contributed by atoms with Crippen LogP contribution < -0.4 is 4.90 Å².